The fourth-order valence-electron chi connectivity index (χ4n) is 2.38. The van der Waals surface area contributed by atoms with Gasteiger partial charge in [-0.15, -0.1) is 0 Å². The van der Waals surface area contributed by atoms with E-state index >= 15 is 0 Å². The van der Waals surface area contributed by atoms with Gasteiger partial charge in [0.15, 0.2) is 0 Å². The minimum absolute atomic E-state index is 0.322. The lowest BCUT2D eigenvalue weighted by atomic mass is 10.0. The number of hydrogen-bond donors (Lipinski definition) is 1. The molecule has 3 nitrogen and oxygen atoms in total. The van der Waals surface area contributed by atoms with Crippen LogP contribution in [0.2, 0.25) is 0 Å². The van der Waals surface area contributed by atoms with Crippen molar-refractivity contribution in [2.45, 2.75) is 6.42 Å². The van der Waals surface area contributed by atoms with Crippen molar-refractivity contribution < 1.29 is 5.11 Å². The smallest absolute Gasteiger partial charge is 0.119 e. The van der Waals surface area contributed by atoms with Gasteiger partial charge in [0, 0.05) is 35.3 Å². The molecule has 0 bridgehead atoms. The van der Waals surface area contributed by atoms with Gasteiger partial charge in [0.2, 0.25) is 0 Å². The second kappa shape index (κ2) is 5.74. The van der Waals surface area contributed by atoms with Crippen LogP contribution in [-0.2, 0) is 13.5 Å². The molecule has 1 aromatic heterocycles. The number of halogens is 1. The van der Waals surface area contributed by atoms with Crippen LogP contribution in [-0.4, -0.2) is 14.9 Å². The highest BCUT2D eigenvalue weighted by atomic mass is 79.9. The standard InChI is InChI=1S/C17H15BrN2O/c1-20-11-14(10-13-4-2-3-5-16(13)21)17(19-20)12-6-8-15(18)9-7-12/h2-9,11,21H,10H2,1H3. The number of aromatic hydroxyl groups is 1. The molecule has 0 aliphatic rings. The minimum atomic E-state index is 0.322. The molecule has 0 aliphatic carbocycles. The predicted molar refractivity (Wildman–Crippen MR) is 87.3 cm³/mol. The van der Waals surface area contributed by atoms with E-state index in [9.17, 15) is 5.11 Å². The van der Waals surface area contributed by atoms with Crippen molar-refractivity contribution in [1.29, 1.82) is 0 Å². The van der Waals surface area contributed by atoms with Gasteiger partial charge in [0.25, 0.3) is 0 Å². The van der Waals surface area contributed by atoms with E-state index in [0.717, 1.165) is 26.9 Å². The van der Waals surface area contributed by atoms with E-state index in [-0.39, 0.29) is 0 Å². The van der Waals surface area contributed by atoms with Crippen molar-refractivity contribution in [2.75, 3.05) is 0 Å². The maximum absolute atomic E-state index is 9.94. The quantitative estimate of drug-likeness (QED) is 0.776. The summed E-state index contributed by atoms with van der Waals surface area (Å²) in [7, 11) is 1.91. The van der Waals surface area contributed by atoms with Crippen LogP contribution in [0.5, 0.6) is 5.75 Å². The Morgan fingerprint density at radius 3 is 2.48 bits per heavy atom. The summed E-state index contributed by atoms with van der Waals surface area (Å²) in [5, 5.41) is 14.5. The largest absolute Gasteiger partial charge is 0.508 e. The van der Waals surface area contributed by atoms with Crippen LogP contribution in [0.4, 0.5) is 0 Å². The highest BCUT2D eigenvalue weighted by Gasteiger charge is 2.12. The van der Waals surface area contributed by atoms with Crippen molar-refractivity contribution in [3.63, 3.8) is 0 Å². The zero-order valence-corrected chi connectivity index (χ0v) is 13.2. The molecule has 0 amide bonds. The Kier molecular flexibility index (Phi) is 3.80. The Balaban J connectivity index is 2.00. The third-order valence-electron chi connectivity index (χ3n) is 3.39. The lowest BCUT2D eigenvalue weighted by molar-refractivity contribution is 0.469. The van der Waals surface area contributed by atoms with Crippen molar-refractivity contribution in [3.05, 3.63) is 70.3 Å². The molecule has 3 aromatic rings. The molecule has 0 saturated carbocycles. The third kappa shape index (κ3) is 3.00. The second-order valence-corrected chi connectivity index (χ2v) is 5.90. The van der Waals surface area contributed by atoms with Gasteiger partial charge >= 0.3 is 0 Å². The van der Waals surface area contributed by atoms with Gasteiger partial charge in [-0.05, 0) is 23.8 Å². The number of phenols is 1. The molecule has 2 aromatic carbocycles. The Morgan fingerprint density at radius 2 is 1.76 bits per heavy atom. The Hall–Kier alpha value is -2.07. The third-order valence-corrected chi connectivity index (χ3v) is 3.92. The van der Waals surface area contributed by atoms with E-state index in [1.54, 1.807) is 6.07 Å². The lowest BCUT2D eigenvalue weighted by Crippen LogP contribution is -1.90. The number of para-hydroxylation sites is 1. The molecule has 0 fully saturated rings. The minimum Gasteiger partial charge on any atom is -0.508 e. The summed E-state index contributed by atoms with van der Waals surface area (Å²) in [6.07, 6.45) is 2.66. The normalized spacial score (nSPS) is 10.8. The van der Waals surface area contributed by atoms with Crippen molar-refractivity contribution in [2.24, 2.45) is 7.05 Å². The van der Waals surface area contributed by atoms with Gasteiger partial charge in [0.1, 0.15) is 5.75 Å². The van der Waals surface area contributed by atoms with Gasteiger partial charge < -0.3 is 5.11 Å². The molecule has 106 valence electrons. The fraction of sp³-hybridized carbons (Fsp3) is 0.118. The number of benzene rings is 2. The summed E-state index contributed by atoms with van der Waals surface area (Å²) >= 11 is 3.45. The topological polar surface area (TPSA) is 38.0 Å². The summed E-state index contributed by atoms with van der Waals surface area (Å²) in [4.78, 5) is 0. The van der Waals surface area contributed by atoms with Crippen LogP contribution in [0.1, 0.15) is 11.1 Å². The molecule has 3 rings (SSSR count). The Bertz CT molecular complexity index is 763. The van der Waals surface area contributed by atoms with Gasteiger partial charge in [-0.2, -0.15) is 5.10 Å². The molecule has 0 unspecified atom stereocenters. The molecule has 0 radical (unpaired) electrons. The number of nitrogens with zero attached hydrogens (tertiary/aromatic N) is 2. The van der Waals surface area contributed by atoms with Gasteiger partial charge in [-0.3, -0.25) is 4.68 Å². The lowest BCUT2D eigenvalue weighted by Gasteiger charge is -2.05. The number of aromatic nitrogens is 2. The second-order valence-electron chi connectivity index (χ2n) is 4.99. The van der Waals surface area contributed by atoms with Crippen LogP contribution in [0.3, 0.4) is 0 Å². The summed E-state index contributed by atoms with van der Waals surface area (Å²) in [5.41, 5.74) is 4.03. The molecule has 4 heteroatoms. The van der Waals surface area contributed by atoms with Crippen LogP contribution >= 0.6 is 15.9 Å². The Labute approximate surface area is 132 Å². The van der Waals surface area contributed by atoms with Crippen LogP contribution in [0.25, 0.3) is 11.3 Å². The maximum Gasteiger partial charge on any atom is 0.119 e. The average Bonchev–Trinajstić information content (AvgIpc) is 2.83. The van der Waals surface area contributed by atoms with Crippen molar-refractivity contribution in [1.82, 2.24) is 9.78 Å². The molecular formula is C17H15BrN2O. The zero-order chi connectivity index (χ0) is 14.8. The van der Waals surface area contributed by atoms with E-state index in [4.69, 9.17) is 0 Å². The van der Waals surface area contributed by atoms with Crippen molar-refractivity contribution in [3.8, 4) is 17.0 Å². The van der Waals surface area contributed by atoms with Crippen molar-refractivity contribution >= 4 is 15.9 Å². The first-order chi connectivity index (χ1) is 10.1. The number of phenolic OH excluding ortho intramolecular Hbond substituents is 1. The Morgan fingerprint density at radius 1 is 1.05 bits per heavy atom. The van der Waals surface area contributed by atoms with Crippen LogP contribution in [0, 0.1) is 0 Å². The van der Waals surface area contributed by atoms with E-state index in [2.05, 4.69) is 21.0 Å². The summed E-state index contributed by atoms with van der Waals surface area (Å²) < 4.78 is 2.86. The number of hydrogen-bond acceptors (Lipinski definition) is 2. The van der Waals surface area contributed by atoms with Gasteiger partial charge in [0.05, 0.1) is 5.69 Å². The van der Waals surface area contributed by atoms with Gasteiger partial charge in [-0.25, -0.2) is 0 Å². The first-order valence-electron chi connectivity index (χ1n) is 6.69. The van der Waals surface area contributed by atoms with E-state index in [1.165, 1.54) is 0 Å². The summed E-state index contributed by atoms with van der Waals surface area (Å²) in [6.45, 7) is 0. The molecular weight excluding hydrogens is 328 g/mol. The van der Waals surface area contributed by atoms with E-state index in [1.807, 2.05) is 60.4 Å². The van der Waals surface area contributed by atoms with Crippen LogP contribution in [0.15, 0.2) is 59.2 Å². The summed E-state index contributed by atoms with van der Waals surface area (Å²) in [6, 6.07) is 15.5. The van der Waals surface area contributed by atoms with E-state index < -0.39 is 0 Å². The van der Waals surface area contributed by atoms with E-state index in [0.29, 0.717) is 12.2 Å². The molecule has 0 aliphatic heterocycles. The average molecular weight is 343 g/mol. The highest BCUT2D eigenvalue weighted by molar-refractivity contribution is 9.10. The number of aryl methyl sites for hydroxylation is 1. The zero-order valence-electron chi connectivity index (χ0n) is 11.6. The SMILES string of the molecule is Cn1cc(Cc2ccccc2O)c(-c2ccc(Br)cc2)n1. The van der Waals surface area contributed by atoms with Crippen LogP contribution < -0.4 is 0 Å². The predicted octanol–water partition coefficient (Wildman–Crippen LogP) is 4.15. The molecule has 1 heterocycles. The molecule has 21 heavy (non-hydrogen) atoms. The first kappa shape index (κ1) is 13.9. The monoisotopic (exact) mass is 342 g/mol. The van der Waals surface area contributed by atoms with Gasteiger partial charge in [-0.1, -0.05) is 46.3 Å². The summed E-state index contributed by atoms with van der Waals surface area (Å²) in [5.74, 6) is 0.322. The first-order valence-corrected chi connectivity index (χ1v) is 7.48. The molecule has 1 N–H and O–H groups in total. The molecule has 0 saturated heterocycles. The highest BCUT2D eigenvalue weighted by Crippen LogP contribution is 2.27. The number of rotatable bonds is 3. The fourth-order valence-corrected chi connectivity index (χ4v) is 2.65. The maximum atomic E-state index is 9.94. The molecule has 0 atom stereocenters. The molecule has 0 spiro atoms.